The van der Waals surface area contributed by atoms with Crippen LogP contribution in [0.25, 0.3) is 0 Å². The van der Waals surface area contributed by atoms with Crippen molar-refractivity contribution in [1.82, 2.24) is 10.3 Å². The molecule has 2 aliphatic rings. The molecule has 136 valence electrons. The Hall–Kier alpha value is -2.23. The predicted octanol–water partition coefficient (Wildman–Crippen LogP) is 0.509. The lowest BCUT2D eigenvalue weighted by Gasteiger charge is -2.33. The van der Waals surface area contributed by atoms with Gasteiger partial charge >= 0.3 is 0 Å². The molecule has 0 unspecified atom stereocenters. The van der Waals surface area contributed by atoms with E-state index in [0.717, 1.165) is 19.4 Å². The molecular weight excluding hydrogens is 348 g/mol. The quantitative estimate of drug-likeness (QED) is 0.607. The predicted molar refractivity (Wildman–Crippen MR) is 91.0 cm³/mol. The number of hydrogen-bond acceptors (Lipinski definition) is 7. The van der Waals surface area contributed by atoms with E-state index in [1.165, 1.54) is 12.3 Å². The zero-order chi connectivity index (χ0) is 18.0. The van der Waals surface area contributed by atoms with Gasteiger partial charge in [-0.1, -0.05) is 0 Å². The van der Waals surface area contributed by atoms with Gasteiger partial charge in [-0.3, -0.25) is 14.9 Å². The number of anilines is 1. The van der Waals surface area contributed by atoms with Crippen LogP contribution in [0, 0.1) is 16.0 Å². The average molecular weight is 368 g/mol. The van der Waals surface area contributed by atoms with Crippen molar-refractivity contribution >= 4 is 27.2 Å². The van der Waals surface area contributed by atoms with Crippen molar-refractivity contribution in [1.29, 1.82) is 0 Å². The van der Waals surface area contributed by atoms with E-state index in [1.807, 2.05) is 4.90 Å². The van der Waals surface area contributed by atoms with Crippen LogP contribution in [0.5, 0.6) is 0 Å². The minimum Gasteiger partial charge on any atom is -0.356 e. The summed E-state index contributed by atoms with van der Waals surface area (Å²) >= 11 is 0. The number of nitrogens with one attached hydrogen (secondary N) is 1. The second kappa shape index (κ2) is 6.95. The Morgan fingerprint density at radius 2 is 2.16 bits per heavy atom. The monoisotopic (exact) mass is 368 g/mol. The number of nitrogens with zero attached hydrogens (tertiary/aromatic N) is 3. The molecule has 25 heavy (non-hydrogen) atoms. The molecule has 0 aliphatic carbocycles. The molecule has 0 bridgehead atoms. The summed E-state index contributed by atoms with van der Waals surface area (Å²) in [5, 5.41) is 13.5. The maximum Gasteiger partial charge on any atom is 0.287 e. The molecule has 3 rings (SSSR count). The number of amides is 1. The lowest BCUT2D eigenvalue weighted by Crippen LogP contribution is -2.46. The summed E-state index contributed by atoms with van der Waals surface area (Å²) in [5.41, 5.74) is -0.0718. The van der Waals surface area contributed by atoms with E-state index >= 15 is 0 Å². The fourth-order valence-corrected chi connectivity index (χ4v) is 4.97. The van der Waals surface area contributed by atoms with Gasteiger partial charge in [0.15, 0.2) is 9.84 Å². The normalized spacial score (nSPS) is 25.5. The highest BCUT2D eigenvalue weighted by atomic mass is 32.2. The summed E-state index contributed by atoms with van der Waals surface area (Å²) < 4.78 is 23.0. The molecule has 1 amide bonds. The van der Waals surface area contributed by atoms with Crippen LogP contribution in [0.4, 0.5) is 11.5 Å². The summed E-state index contributed by atoms with van der Waals surface area (Å²) in [6.45, 7) is 1.20. The molecule has 1 N–H and O–H groups in total. The van der Waals surface area contributed by atoms with Crippen LogP contribution in [0.2, 0.25) is 0 Å². The lowest BCUT2D eigenvalue weighted by molar-refractivity contribution is -0.385. The molecule has 1 aromatic heterocycles. The second-order valence-corrected chi connectivity index (χ2v) is 8.75. The first-order chi connectivity index (χ1) is 11.8. The number of piperidine rings is 1. The Morgan fingerprint density at radius 1 is 1.36 bits per heavy atom. The number of carbonyl (C=O) groups is 1. The van der Waals surface area contributed by atoms with Crippen LogP contribution in [-0.4, -0.2) is 54.9 Å². The molecule has 9 nitrogen and oxygen atoms in total. The van der Waals surface area contributed by atoms with Gasteiger partial charge in [0.2, 0.25) is 5.91 Å². The number of sulfone groups is 1. The number of rotatable bonds is 4. The number of aromatic nitrogens is 1. The van der Waals surface area contributed by atoms with E-state index < -0.39 is 14.8 Å². The van der Waals surface area contributed by atoms with Gasteiger partial charge in [-0.05, 0) is 25.3 Å². The molecule has 2 aliphatic heterocycles. The third-order valence-electron chi connectivity index (χ3n) is 4.64. The summed E-state index contributed by atoms with van der Waals surface area (Å²) in [6.07, 6.45) is 3.21. The third-order valence-corrected chi connectivity index (χ3v) is 6.41. The minimum atomic E-state index is -3.03. The molecule has 0 saturated carbocycles. The van der Waals surface area contributed by atoms with Crippen molar-refractivity contribution in [2.75, 3.05) is 29.5 Å². The lowest BCUT2D eigenvalue weighted by atomic mass is 9.96. The average Bonchev–Trinajstić information content (AvgIpc) is 2.93. The van der Waals surface area contributed by atoms with Gasteiger partial charge in [-0.2, -0.15) is 0 Å². The highest BCUT2D eigenvalue weighted by Gasteiger charge is 2.32. The standard InChI is InChI=1S/C15H20N4O5S/c20-15(17-12-5-7-25(23,24)10-12)11-2-1-6-18(9-11)14-4-3-13(8-16-14)19(21)22/h3-4,8,11-12H,1-2,5-7,9-10H2,(H,17,20)/t11-,12-/m1/s1. The van der Waals surface area contributed by atoms with Gasteiger partial charge in [0, 0.05) is 25.2 Å². The Balaban J connectivity index is 1.60. The number of nitro groups is 1. The van der Waals surface area contributed by atoms with Gasteiger partial charge in [0.1, 0.15) is 12.0 Å². The number of hydrogen-bond donors (Lipinski definition) is 1. The first-order valence-electron chi connectivity index (χ1n) is 8.20. The van der Waals surface area contributed by atoms with Crippen LogP contribution in [-0.2, 0) is 14.6 Å². The summed E-state index contributed by atoms with van der Waals surface area (Å²) in [7, 11) is -3.03. The number of pyridine rings is 1. The van der Waals surface area contributed by atoms with E-state index in [4.69, 9.17) is 0 Å². The molecule has 2 saturated heterocycles. The van der Waals surface area contributed by atoms with E-state index in [2.05, 4.69) is 10.3 Å². The smallest absolute Gasteiger partial charge is 0.287 e. The topological polar surface area (TPSA) is 123 Å². The van der Waals surface area contributed by atoms with Crippen molar-refractivity contribution < 1.29 is 18.1 Å². The molecule has 2 atom stereocenters. The highest BCUT2D eigenvalue weighted by molar-refractivity contribution is 7.91. The Labute approximate surface area is 145 Å². The van der Waals surface area contributed by atoms with Crippen LogP contribution < -0.4 is 10.2 Å². The molecule has 3 heterocycles. The fourth-order valence-electron chi connectivity index (χ4n) is 3.30. The summed E-state index contributed by atoms with van der Waals surface area (Å²) in [6, 6.07) is 2.68. The van der Waals surface area contributed by atoms with Gasteiger partial charge in [-0.25, -0.2) is 13.4 Å². The molecule has 0 radical (unpaired) electrons. The van der Waals surface area contributed by atoms with Crippen molar-refractivity contribution in [2.45, 2.75) is 25.3 Å². The van der Waals surface area contributed by atoms with Crippen molar-refractivity contribution in [3.63, 3.8) is 0 Å². The molecule has 2 fully saturated rings. The summed E-state index contributed by atoms with van der Waals surface area (Å²) in [5.74, 6) is 0.370. The van der Waals surface area contributed by atoms with Gasteiger partial charge in [0.25, 0.3) is 5.69 Å². The van der Waals surface area contributed by atoms with Gasteiger partial charge in [0.05, 0.1) is 22.3 Å². The Kier molecular flexibility index (Phi) is 4.89. The number of carbonyl (C=O) groups excluding carboxylic acids is 1. The van der Waals surface area contributed by atoms with E-state index in [0.29, 0.717) is 18.8 Å². The molecule has 10 heteroatoms. The first kappa shape index (κ1) is 17.6. The minimum absolute atomic E-state index is 0.0130. The second-order valence-electron chi connectivity index (χ2n) is 6.53. The molecule has 0 spiro atoms. The Morgan fingerprint density at radius 3 is 2.76 bits per heavy atom. The molecular formula is C15H20N4O5S. The zero-order valence-corrected chi connectivity index (χ0v) is 14.4. The molecule has 1 aromatic rings. The SMILES string of the molecule is O=C(N[C@@H]1CCS(=O)(=O)C1)[C@@H]1CCCN(c2ccc([N+](=O)[O-])cn2)C1. The van der Waals surface area contributed by atoms with Crippen LogP contribution in [0.15, 0.2) is 18.3 Å². The van der Waals surface area contributed by atoms with Crippen LogP contribution in [0.3, 0.4) is 0 Å². The van der Waals surface area contributed by atoms with Gasteiger partial charge in [-0.15, -0.1) is 0 Å². The van der Waals surface area contributed by atoms with Crippen molar-refractivity contribution in [3.05, 3.63) is 28.4 Å². The van der Waals surface area contributed by atoms with Crippen LogP contribution in [0.1, 0.15) is 19.3 Å². The fraction of sp³-hybridized carbons (Fsp3) is 0.600. The van der Waals surface area contributed by atoms with E-state index in [1.54, 1.807) is 6.07 Å². The largest absolute Gasteiger partial charge is 0.356 e. The van der Waals surface area contributed by atoms with E-state index in [-0.39, 0.29) is 35.1 Å². The van der Waals surface area contributed by atoms with Gasteiger partial charge < -0.3 is 10.2 Å². The maximum atomic E-state index is 12.4. The summed E-state index contributed by atoms with van der Waals surface area (Å²) in [4.78, 5) is 28.7. The third kappa shape index (κ3) is 4.25. The van der Waals surface area contributed by atoms with Crippen molar-refractivity contribution in [2.24, 2.45) is 5.92 Å². The van der Waals surface area contributed by atoms with E-state index in [9.17, 15) is 23.3 Å². The first-order valence-corrected chi connectivity index (χ1v) is 10.0. The van der Waals surface area contributed by atoms with Crippen LogP contribution >= 0.6 is 0 Å². The maximum absolute atomic E-state index is 12.4. The van der Waals surface area contributed by atoms with Crippen molar-refractivity contribution in [3.8, 4) is 0 Å². The molecule has 0 aromatic carbocycles. The highest BCUT2D eigenvalue weighted by Crippen LogP contribution is 2.23. The Bertz CT molecular complexity index is 765. The zero-order valence-electron chi connectivity index (χ0n) is 13.6.